The lowest BCUT2D eigenvalue weighted by Crippen LogP contribution is -2.36. The zero-order valence-electron chi connectivity index (χ0n) is 10.5. The van der Waals surface area contributed by atoms with E-state index in [0.29, 0.717) is 17.9 Å². The average molecular weight is 232 g/mol. The maximum Gasteiger partial charge on any atom is 0.315 e. The molecule has 0 heterocycles. The van der Waals surface area contributed by atoms with Gasteiger partial charge in [-0.15, -0.1) is 0 Å². The Morgan fingerprint density at radius 1 is 1.29 bits per heavy atom. The molecule has 17 heavy (non-hydrogen) atoms. The van der Waals surface area contributed by atoms with Crippen molar-refractivity contribution in [1.82, 2.24) is 10.6 Å². The summed E-state index contributed by atoms with van der Waals surface area (Å²) in [6.07, 6.45) is 1.21. The predicted octanol–water partition coefficient (Wildman–Crippen LogP) is 2.53. The van der Waals surface area contributed by atoms with Gasteiger partial charge in [-0.1, -0.05) is 44.2 Å². The molecule has 0 aromatic heterocycles. The molecule has 0 saturated heterocycles. The Labute approximate surface area is 103 Å². The lowest BCUT2D eigenvalue weighted by Gasteiger charge is -2.08. The number of rotatable bonds is 4. The maximum atomic E-state index is 11.5. The van der Waals surface area contributed by atoms with Gasteiger partial charge in [0.15, 0.2) is 0 Å². The Balaban J connectivity index is 1.65. The second-order valence-corrected chi connectivity index (χ2v) is 5.44. The monoisotopic (exact) mass is 232 g/mol. The topological polar surface area (TPSA) is 41.1 Å². The van der Waals surface area contributed by atoms with Crippen LogP contribution >= 0.6 is 0 Å². The summed E-state index contributed by atoms with van der Waals surface area (Å²) in [7, 11) is 0. The smallest absolute Gasteiger partial charge is 0.315 e. The normalized spacial score (nSPS) is 20.7. The first kappa shape index (κ1) is 12.0. The molecule has 2 amide bonds. The van der Waals surface area contributed by atoms with Crippen molar-refractivity contribution >= 4 is 6.03 Å². The molecule has 1 saturated carbocycles. The second-order valence-electron chi connectivity index (χ2n) is 5.44. The van der Waals surface area contributed by atoms with Crippen molar-refractivity contribution in [2.45, 2.75) is 26.8 Å². The van der Waals surface area contributed by atoms with E-state index >= 15 is 0 Å². The third-order valence-corrected chi connectivity index (χ3v) is 3.52. The number of hydrogen-bond donors (Lipinski definition) is 2. The van der Waals surface area contributed by atoms with E-state index < -0.39 is 0 Å². The molecular weight excluding hydrogens is 212 g/mol. The van der Waals surface area contributed by atoms with Crippen molar-refractivity contribution in [2.24, 2.45) is 11.3 Å². The van der Waals surface area contributed by atoms with Crippen LogP contribution in [0.25, 0.3) is 0 Å². The van der Waals surface area contributed by atoms with Gasteiger partial charge in [-0.3, -0.25) is 0 Å². The van der Waals surface area contributed by atoms with E-state index in [-0.39, 0.29) is 6.03 Å². The summed E-state index contributed by atoms with van der Waals surface area (Å²) >= 11 is 0. The second kappa shape index (κ2) is 4.78. The molecule has 0 radical (unpaired) electrons. The van der Waals surface area contributed by atoms with Gasteiger partial charge in [-0.25, -0.2) is 4.79 Å². The molecule has 3 nitrogen and oxygen atoms in total. The molecule has 0 spiro atoms. The van der Waals surface area contributed by atoms with Gasteiger partial charge in [-0.05, 0) is 23.3 Å². The fourth-order valence-corrected chi connectivity index (χ4v) is 1.98. The Hall–Kier alpha value is -1.51. The minimum absolute atomic E-state index is 0.0726. The zero-order chi connectivity index (χ0) is 12.3. The van der Waals surface area contributed by atoms with Crippen LogP contribution < -0.4 is 10.6 Å². The van der Waals surface area contributed by atoms with Crippen LogP contribution in [0.3, 0.4) is 0 Å². The van der Waals surface area contributed by atoms with Gasteiger partial charge in [0.2, 0.25) is 0 Å². The summed E-state index contributed by atoms with van der Waals surface area (Å²) in [4.78, 5) is 11.5. The quantitative estimate of drug-likeness (QED) is 0.823. The van der Waals surface area contributed by atoms with Crippen LogP contribution in [0, 0.1) is 11.3 Å². The Morgan fingerprint density at radius 2 is 1.94 bits per heavy atom. The maximum absolute atomic E-state index is 11.5. The summed E-state index contributed by atoms with van der Waals surface area (Å²) in [6, 6.07) is 9.85. The first-order valence-corrected chi connectivity index (χ1v) is 6.13. The summed E-state index contributed by atoms with van der Waals surface area (Å²) in [6.45, 7) is 5.84. The zero-order valence-corrected chi connectivity index (χ0v) is 10.5. The van der Waals surface area contributed by atoms with Crippen molar-refractivity contribution < 1.29 is 4.79 Å². The molecule has 0 aliphatic heterocycles. The number of carbonyl (C=O) groups excluding carboxylic acids is 1. The van der Waals surface area contributed by atoms with E-state index in [9.17, 15) is 4.79 Å². The number of amides is 2. The van der Waals surface area contributed by atoms with E-state index in [0.717, 1.165) is 12.1 Å². The van der Waals surface area contributed by atoms with Gasteiger partial charge < -0.3 is 10.6 Å². The van der Waals surface area contributed by atoms with E-state index in [1.54, 1.807) is 0 Å². The van der Waals surface area contributed by atoms with E-state index in [4.69, 9.17) is 0 Å². The largest absolute Gasteiger partial charge is 0.338 e. The third kappa shape index (κ3) is 3.48. The molecule has 1 unspecified atom stereocenters. The van der Waals surface area contributed by atoms with Crippen LogP contribution in [0.4, 0.5) is 4.79 Å². The van der Waals surface area contributed by atoms with Gasteiger partial charge in [-0.2, -0.15) is 0 Å². The number of hydrogen-bond acceptors (Lipinski definition) is 1. The number of nitrogens with one attached hydrogen (secondary N) is 2. The van der Waals surface area contributed by atoms with Gasteiger partial charge in [0, 0.05) is 13.1 Å². The van der Waals surface area contributed by atoms with Crippen LogP contribution in [0.2, 0.25) is 0 Å². The highest BCUT2D eigenvalue weighted by atomic mass is 16.2. The fourth-order valence-electron chi connectivity index (χ4n) is 1.98. The standard InChI is InChI=1S/C14H20N2O/c1-14(2)8-12(14)10-16-13(17)15-9-11-6-4-3-5-7-11/h3-7,12H,8-10H2,1-2H3,(H2,15,16,17). The number of carbonyl (C=O) groups is 1. The molecule has 1 aromatic rings. The van der Waals surface area contributed by atoms with Crippen molar-refractivity contribution in [1.29, 1.82) is 0 Å². The fraction of sp³-hybridized carbons (Fsp3) is 0.500. The predicted molar refractivity (Wildman–Crippen MR) is 68.6 cm³/mol. The highest BCUT2D eigenvalue weighted by Crippen LogP contribution is 2.50. The molecule has 1 aliphatic carbocycles. The molecule has 3 heteroatoms. The molecule has 1 aromatic carbocycles. The average Bonchev–Trinajstić information content (AvgIpc) is 2.93. The van der Waals surface area contributed by atoms with Crippen molar-refractivity contribution in [2.75, 3.05) is 6.54 Å². The third-order valence-electron chi connectivity index (χ3n) is 3.52. The Morgan fingerprint density at radius 3 is 2.53 bits per heavy atom. The van der Waals surface area contributed by atoms with Gasteiger partial charge in [0.05, 0.1) is 0 Å². The SMILES string of the molecule is CC1(C)CC1CNC(=O)NCc1ccccc1. The first-order valence-electron chi connectivity index (χ1n) is 6.13. The summed E-state index contributed by atoms with van der Waals surface area (Å²) < 4.78 is 0. The lowest BCUT2D eigenvalue weighted by molar-refractivity contribution is 0.239. The molecule has 1 atom stereocenters. The highest BCUT2D eigenvalue weighted by molar-refractivity contribution is 5.73. The molecular formula is C14H20N2O. The summed E-state index contributed by atoms with van der Waals surface area (Å²) in [5, 5.41) is 5.78. The van der Waals surface area contributed by atoms with Crippen LogP contribution in [-0.4, -0.2) is 12.6 Å². The molecule has 1 fully saturated rings. The summed E-state index contributed by atoms with van der Waals surface area (Å²) in [5.41, 5.74) is 1.54. The molecule has 2 rings (SSSR count). The minimum Gasteiger partial charge on any atom is -0.338 e. The van der Waals surface area contributed by atoms with Gasteiger partial charge >= 0.3 is 6.03 Å². The van der Waals surface area contributed by atoms with Crippen molar-refractivity contribution in [3.05, 3.63) is 35.9 Å². The van der Waals surface area contributed by atoms with Crippen LogP contribution in [0.5, 0.6) is 0 Å². The van der Waals surface area contributed by atoms with Gasteiger partial charge in [0.1, 0.15) is 0 Å². The number of urea groups is 1. The lowest BCUT2D eigenvalue weighted by atomic mass is 10.1. The summed E-state index contributed by atoms with van der Waals surface area (Å²) in [5.74, 6) is 0.643. The number of benzene rings is 1. The van der Waals surface area contributed by atoms with E-state index in [2.05, 4.69) is 24.5 Å². The van der Waals surface area contributed by atoms with Crippen molar-refractivity contribution in [3.8, 4) is 0 Å². The Kier molecular flexibility index (Phi) is 3.36. The van der Waals surface area contributed by atoms with Gasteiger partial charge in [0.25, 0.3) is 0 Å². The van der Waals surface area contributed by atoms with E-state index in [1.807, 2.05) is 30.3 Å². The van der Waals surface area contributed by atoms with Crippen LogP contribution in [0.1, 0.15) is 25.8 Å². The molecule has 1 aliphatic rings. The van der Waals surface area contributed by atoms with Crippen LogP contribution in [-0.2, 0) is 6.54 Å². The molecule has 92 valence electrons. The highest BCUT2D eigenvalue weighted by Gasteiger charge is 2.45. The molecule has 2 N–H and O–H groups in total. The van der Waals surface area contributed by atoms with Crippen molar-refractivity contribution in [3.63, 3.8) is 0 Å². The first-order chi connectivity index (χ1) is 8.08. The van der Waals surface area contributed by atoms with E-state index in [1.165, 1.54) is 6.42 Å². The minimum atomic E-state index is -0.0726. The van der Waals surface area contributed by atoms with Crippen LogP contribution in [0.15, 0.2) is 30.3 Å². The molecule has 0 bridgehead atoms. The Bertz CT molecular complexity index is 386.